The average Bonchev–Trinajstić information content (AvgIpc) is 2.97. The van der Waals surface area contributed by atoms with Gasteiger partial charge < -0.3 is 5.73 Å². The lowest BCUT2D eigenvalue weighted by Gasteiger charge is -2.12. The molecule has 0 amide bonds. The summed E-state index contributed by atoms with van der Waals surface area (Å²) in [6.07, 6.45) is -4.31. The Morgan fingerprint density at radius 2 is 1.70 bits per heavy atom. The van der Waals surface area contributed by atoms with Crippen LogP contribution in [-0.2, 0) is 6.18 Å². The summed E-state index contributed by atoms with van der Waals surface area (Å²) in [5, 5.41) is 2.01. The van der Waals surface area contributed by atoms with Crippen LogP contribution in [0.3, 0.4) is 0 Å². The summed E-state index contributed by atoms with van der Waals surface area (Å²) < 4.78 is 39.9. The molecule has 0 spiro atoms. The highest BCUT2D eigenvalue weighted by atomic mass is 32.1. The van der Waals surface area contributed by atoms with Crippen molar-refractivity contribution in [1.29, 1.82) is 0 Å². The van der Waals surface area contributed by atoms with Gasteiger partial charge in [-0.3, -0.25) is 0 Å². The minimum absolute atomic E-state index is 0.387. The van der Waals surface area contributed by atoms with E-state index in [0.29, 0.717) is 5.56 Å². The smallest absolute Gasteiger partial charge is 0.320 e. The summed E-state index contributed by atoms with van der Waals surface area (Å²) in [5.74, 6) is 0. The van der Waals surface area contributed by atoms with E-state index in [9.17, 15) is 13.2 Å². The Hall–Kier alpha value is -1.37. The van der Waals surface area contributed by atoms with Crippen molar-refractivity contribution in [2.75, 3.05) is 0 Å². The first kappa shape index (κ1) is 13.6. The van der Waals surface area contributed by atoms with Gasteiger partial charge in [0.15, 0.2) is 0 Å². The zero-order valence-electron chi connectivity index (χ0n) is 10.1. The predicted molar refractivity (Wildman–Crippen MR) is 77.2 cm³/mol. The number of rotatable bonds is 2. The van der Waals surface area contributed by atoms with Gasteiger partial charge in [0.1, 0.15) is 0 Å². The molecule has 1 atom stereocenters. The number of hydrogen-bond acceptors (Lipinski definition) is 3. The van der Waals surface area contributed by atoms with Crippen LogP contribution in [0.2, 0.25) is 0 Å². The Balaban J connectivity index is 1.90. The van der Waals surface area contributed by atoms with E-state index in [1.54, 1.807) is 22.7 Å². The molecule has 0 radical (unpaired) electrons. The molecule has 3 aromatic rings. The first-order valence-corrected chi connectivity index (χ1v) is 7.54. The van der Waals surface area contributed by atoms with Gasteiger partial charge in [-0.1, -0.05) is 12.1 Å². The Labute approximate surface area is 121 Å². The topological polar surface area (TPSA) is 26.0 Å². The maximum atomic E-state index is 12.5. The molecule has 6 heteroatoms. The van der Waals surface area contributed by atoms with Crippen LogP contribution >= 0.6 is 22.7 Å². The molecule has 0 saturated heterocycles. The lowest BCUT2D eigenvalue weighted by Crippen LogP contribution is -2.11. The third kappa shape index (κ3) is 2.46. The Kier molecular flexibility index (Phi) is 3.32. The second-order valence-electron chi connectivity index (χ2n) is 4.40. The summed E-state index contributed by atoms with van der Waals surface area (Å²) in [6, 6.07) is 8.68. The SMILES string of the molecule is NC(c1ccc(C(F)(F)F)cc1)c1cc2sccc2s1. The van der Waals surface area contributed by atoms with Crippen LogP contribution in [0.4, 0.5) is 13.2 Å². The summed E-state index contributed by atoms with van der Waals surface area (Å²) in [6.45, 7) is 0. The molecular weight excluding hydrogens is 303 g/mol. The lowest BCUT2D eigenvalue weighted by molar-refractivity contribution is -0.137. The fourth-order valence-corrected chi connectivity index (χ4v) is 4.13. The number of halogens is 3. The largest absolute Gasteiger partial charge is 0.416 e. The fourth-order valence-electron chi connectivity index (χ4n) is 1.98. The molecule has 1 nitrogen and oxygen atoms in total. The molecule has 0 saturated carbocycles. The van der Waals surface area contributed by atoms with Gasteiger partial charge in [-0.05, 0) is 35.2 Å². The quantitative estimate of drug-likeness (QED) is 0.705. The molecule has 104 valence electrons. The maximum Gasteiger partial charge on any atom is 0.416 e. The molecular formula is C14H10F3NS2. The lowest BCUT2D eigenvalue weighted by atomic mass is 10.0. The number of hydrogen-bond donors (Lipinski definition) is 1. The second-order valence-corrected chi connectivity index (χ2v) is 6.46. The molecule has 2 aromatic heterocycles. The van der Waals surface area contributed by atoms with Crippen LogP contribution in [0.5, 0.6) is 0 Å². The normalized spacial score (nSPS) is 13.8. The van der Waals surface area contributed by atoms with Crippen LogP contribution in [0.25, 0.3) is 9.40 Å². The standard InChI is InChI=1S/C14H10F3NS2/c15-14(16,17)9-3-1-8(2-4-9)13(18)12-7-11-10(20-12)5-6-19-11/h1-7,13H,18H2. The van der Waals surface area contributed by atoms with Gasteiger partial charge in [0, 0.05) is 14.3 Å². The van der Waals surface area contributed by atoms with E-state index in [1.165, 1.54) is 12.1 Å². The molecule has 0 aliphatic heterocycles. The van der Waals surface area contributed by atoms with E-state index in [4.69, 9.17) is 5.73 Å². The van der Waals surface area contributed by atoms with Crippen molar-refractivity contribution in [3.05, 3.63) is 57.8 Å². The minimum atomic E-state index is -4.31. The van der Waals surface area contributed by atoms with E-state index >= 15 is 0 Å². The number of fused-ring (bicyclic) bond motifs is 1. The molecule has 20 heavy (non-hydrogen) atoms. The Morgan fingerprint density at radius 3 is 2.30 bits per heavy atom. The molecule has 0 aliphatic carbocycles. The summed E-state index contributed by atoms with van der Waals surface area (Å²) in [4.78, 5) is 0.964. The molecule has 1 unspecified atom stereocenters. The van der Waals surface area contributed by atoms with Crippen LogP contribution in [-0.4, -0.2) is 0 Å². The molecule has 2 N–H and O–H groups in total. The highest BCUT2D eigenvalue weighted by Gasteiger charge is 2.30. The van der Waals surface area contributed by atoms with Gasteiger partial charge in [0.2, 0.25) is 0 Å². The highest BCUT2D eigenvalue weighted by Crippen LogP contribution is 2.35. The van der Waals surface area contributed by atoms with Crippen molar-refractivity contribution in [1.82, 2.24) is 0 Å². The van der Waals surface area contributed by atoms with Gasteiger partial charge >= 0.3 is 6.18 Å². The Bertz CT molecular complexity index is 696. The predicted octanol–water partition coefficient (Wildman–Crippen LogP) is 5.03. The van der Waals surface area contributed by atoms with E-state index in [1.807, 2.05) is 17.5 Å². The third-order valence-electron chi connectivity index (χ3n) is 3.06. The van der Waals surface area contributed by atoms with Crippen molar-refractivity contribution in [2.24, 2.45) is 5.73 Å². The molecule has 2 heterocycles. The fraction of sp³-hybridized carbons (Fsp3) is 0.143. The van der Waals surface area contributed by atoms with Gasteiger partial charge in [0.05, 0.1) is 11.6 Å². The zero-order valence-corrected chi connectivity index (χ0v) is 11.8. The van der Waals surface area contributed by atoms with E-state index in [2.05, 4.69) is 0 Å². The molecule has 0 aliphatic rings. The second kappa shape index (κ2) is 4.87. The van der Waals surface area contributed by atoms with E-state index in [-0.39, 0.29) is 6.04 Å². The number of alkyl halides is 3. The molecule has 3 rings (SSSR count). The van der Waals surface area contributed by atoms with Gasteiger partial charge in [0.25, 0.3) is 0 Å². The van der Waals surface area contributed by atoms with Crippen LogP contribution in [0.15, 0.2) is 41.8 Å². The monoisotopic (exact) mass is 313 g/mol. The van der Waals surface area contributed by atoms with Crippen LogP contribution < -0.4 is 5.73 Å². The summed E-state index contributed by atoms with van der Waals surface area (Å²) in [7, 11) is 0. The summed E-state index contributed by atoms with van der Waals surface area (Å²) >= 11 is 3.21. The molecule has 0 fully saturated rings. The maximum absolute atomic E-state index is 12.5. The molecule has 1 aromatic carbocycles. The van der Waals surface area contributed by atoms with Gasteiger partial charge in [-0.15, -0.1) is 22.7 Å². The first-order valence-electron chi connectivity index (χ1n) is 5.85. The number of thiophene rings is 2. The van der Waals surface area contributed by atoms with E-state index in [0.717, 1.165) is 26.4 Å². The van der Waals surface area contributed by atoms with Gasteiger partial charge in [-0.25, -0.2) is 0 Å². The van der Waals surface area contributed by atoms with Crippen molar-refractivity contribution in [2.45, 2.75) is 12.2 Å². The number of nitrogens with two attached hydrogens (primary N) is 1. The number of benzene rings is 1. The van der Waals surface area contributed by atoms with Crippen molar-refractivity contribution in [3.63, 3.8) is 0 Å². The summed E-state index contributed by atoms with van der Waals surface area (Å²) in [5.41, 5.74) is 6.17. The van der Waals surface area contributed by atoms with Crippen molar-refractivity contribution < 1.29 is 13.2 Å². The highest BCUT2D eigenvalue weighted by molar-refractivity contribution is 7.27. The van der Waals surface area contributed by atoms with Crippen LogP contribution in [0.1, 0.15) is 22.0 Å². The van der Waals surface area contributed by atoms with Gasteiger partial charge in [-0.2, -0.15) is 13.2 Å². The minimum Gasteiger partial charge on any atom is -0.320 e. The average molecular weight is 313 g/mol. The van der Waals surface area contributed by atoms with Crippen LogP contribution in [0, 0.1) is 0 Å². The Morgan fingerprint density at radius 1 is 1.00 bits per heavy atom. The zero-order chi connectivity index (χ0) is 14.3. The molecule has 0 bridgehead atoms. The van der Waals surface area contributed by atoms with Crippen molar-refractivity contribution in [3.8, 4) is 0 Å². The van der Waals surface area contributed by atoms with Crippen molar-refractivity contribution >= 4 is 32.1 Å². The van der Waals surface area contributed by atoms with E-state index < -0.39 is 11.7 Å². The first-order chi connectivity index (χ1) is 9.45. The third-order valence-corrected chi connectivity index (χ3v) is 5.24.